The standard InChI is InChI=1S/C18H13ClFNO3/c1-23-13-4-2-3-12(10-13)21-18(22)17-8-7-16(24-17)11-5-6-15(20)14(19)9-11/h2-10H,1H3,(H,21,22). The fourth-order valence-electron chi connectivity index (χ4n) is 2.16. The Balaban J connectivity index is 1.79. The number of ether oxygens (including phenoxy) is 1. The van der Waals surface area contributed by atoms with Gasteiger partial charge in [-0.25, -0.2) is 4.39 Å². The Kier molecular flexibility index (Phi) is 4.53. The second kappa shape index (κ2) is 6.76. The average Bonchev–Trinajstić information content (AvgIpc) is 3.08. The Labute approximate surface area is 142 Å². The summed E-state index contributed by atoms with van der Waals surface area (Å²) in [7, 11) is 1.55. The van der Waals surface area contributed by atoms with Crippen LogP contribution in [0.3, 0.4) is 0 Å². The lowest BCUT2D eigenvalue weighted by Crippen LogP contribution is -2.10. The zero-order valence-corrected chi connectivity index (χ0v) is 13.4. The van der Waals surface area contributed by atoms with Gasteiger partial charge in [0, 0.05) is 17.3 Å². The smallest absolute Gasteiger partial charge is 0.291 e. The number of rotatable bonds is 4. The summed E-state index contributed by atoms with van der Waals surface area (Å²) in [5.41, 5.74) is 1.17. The van der Waals surface area contributed by atoms with Crippen molar-refractivity contribution in [1.29, 1.82) is 0 Å². The summed E-state index contributed by atoms with van der Waals surface area (Å²) >= 11 is 5.76. The molecule has 1 heterocycles. The summed E-state index contributed by atoms with van der Waals surface area (Å²) in [5.74, 6) is 0.278. The number of hydrogen-bond donors (Lipinski definition) is 1. The van der Waals surface area contributed by atoms with Crippen LogP contribution in [-0.4, -0.2) is 13.0 Å². The van der Waals surface area contributed by atoms with Crippen LogP contribution in [0.25, 0.3) is 11.3 Å². The van der Waals surface area contributed by atoms with E-state index in [0.717, 1.165) is 0 Å². The molecular weight excluding hydrogens is 333 g/mol. The monoisotopic (exact) mass is 345 g/mol. The Morgan fingerprint density at radius 3 is 2.75 bits per heavy atom. The minimum absolute atomic E-state index is 0.00807. The quantitative estimate of drug-likeness (QED) is 0.724. The van der Waals surface area contributed by atoms with Crippen LogP contribution in [0, 0.1) is 5.82 Å². The molecule has 1 aromatic heterocycles. The first kappa shape index (κ1) is 16.1. The minimum Gasteiger partial charge on any atom is -0.497 e. The maximum Gasteiger partial charge on any atom is 0.291 e. The molecular formula is C18H13ClFNO3. The molecule has 24 heavy (non-hydrogen) atoms. The highest BCUT2D eigenvalue weighted by Crippen LogP contribution is 2.27. The first-order valence-corrected chi connectivity index (χ1v) is 7.45. The SMILES string of the molecule is COc1cccc(NC(=O)c2ccc(-c3ccc(F)c(Cl)c3)o2)c1. The lowest BCUT2D eigenvalue weighted by molar-refractivity contribution is 0.0997. The van der Waals surface area contributed by atoms with Crippen molar-refractivity contribution in [3.63, 3.8) is 0 Å². The van der Waals surface area contributed by atoms with Gasteiger partial charge in [-0.05, 0) is 42.5 Å². The molecule has 0 aliphatic carbocycles. The van der Waals surface area contributed by atoms with Gasteiger partial charge < -0.3 is 14.5 Å². The van der Waals surface area contributed by atoms with E-state index in [9.17, 15) is 9.18 Å². The van der Waals surface area contributed by atoms with Crippen LogP contribution in [-0.2, 0) is 0 Å². The van der Waals surface area contributed by atoms with E-state index in [4.69, 9.17) is 20.8 Å². The van der Waals surface area contributed by atoms with Crippen molar-refractivity contribution in [3.8, 4) is 17.1 Å². The van der Waals surface area contributed by atoms with Crippen molar-refractivity contribution < 1.29 is 18.3 Å². The number of carbonyl (C=O) groups excluding carboxylic acids is 1. The number of hydrogen-bond acceptors (Lipinski definition) is 3. The molecule has 0 saturated carbocycles. The van der Waals surface area contributed by atoms with Gasteiger partial charge in [-0.1, -0.05) is 17.7 Å². The summed E-state index contributed by atoms with van der Waals surface area (Å²) in [5, 5.41) is 2.71. The predicted molar refractivity (Wildman–Crippen MR) is 90.1 cm³/mol. The first-order chi connectivity index (χ1) is 11.6. The average molecular weight is 346 g/mol. The molecule has 0 fully saturated rings. The molecule has 0 atom stereocenters. The number of furan rings is 1. The fraction of sp³-hybridized carbons (Fsp3) is 0.0556. The number of methoxy groups -OCH3 is 1. The van der Waals surface area contributed by atoms with Crippen molar-refractivity contribution in [2.75, 3.05) is 12.4 Å². The van der Waals surface area contributed by atoms with Gasteiger partial charge in [0.05, 0.1) is 12.1 Å². The molecule has 0 aliphatic rings. The molecule has 0 bridgehead atoms. The zero-order chi connectivity index (χ0) is 17.1. The lowest BCUT2D eigenvalue weighted by Gasteiger charge is -2.05. The highest BCUT2D eigenvalue weighted by atomic mass is 35.5. The minimum atomic E-state index is -0.511. The molecule has 3 aromatic rings. The van der Waals surface area contributed by atoms with E-state index in [1.807, 2.05) is 0 Å². The second-order valence-electron chi connectivity index (χ2n) is 4.98. The number of benzene rings is 2. The molecule has 2 aromatic carbocycles. The van der Waals surface area contributed by atoms with E-state index in [0.29, 0.717) is 22.8 Å². The number of halogens is 2. The Bertz CT molecular complexity index is 891. The summed E-state index contributed by atoms with van der Waals surface area (Å²) in [6, 6.07) is 14.4. The highest BCUT2D eigenvalue weighted by molar-refractivity contribution is 6.31. The Hall–Kier alpha value is -2.79. The van der Waals surface area contributed by atoms with Crippen molar-refractivity contribution in [3.05, 3.63) is 71.2 Å². The van der Waals surface area contributed by atoms with E-state index in [2.05, 4.69) is 5.32 Å². The Morgan fingerprint density at radius 2 is 2.00 bits per heavy atom. The van der Waals surface area contributed by atoms with E-state index in [-0.39, 0.29) is 10.8 Å². The topological polar surface area (TPSA) is 51.5 Å². The molecule has 1 amide bonds. The van der Waals surface area contributed by atoms with Gasteiger partial charge in [0.1, 0.15) is 17.3 Å². The Morgan fingerprint density at radius 1 is 1.17 bits per heavy atom. The van der Waals surface area contributed by atoms with Crippen LogP contribution < -0.4 is 10.1 Å². The summed E-state index contributed by atoms with van der Waals surface area (Å²) in [6.45, 7) is 0. The summed E-state index contributed by atoms with van der Waals surface area (Å²) in [6.07, 6.45) is 0. The van der Waals surface area contributed by atoms with Gasteiger partial charge >= 0.3 is 0 Å². The van der Waals surface area contributed by atoms with Crippen molar-refractivity contribution in [2.45, 2.75) is 0 Å². The number of carbonyl (C=O) groups is 1. The highest BCUT2D eigenvalue weighted by Gasteiger charge is 2.13. The lowest BCUT2D eigenvalue weighted by atomic mass is 10.2. The molecule has 0 aliphatic heterocycles. The van der Waals surface area contributed by atoms with E-state index in [1.165, 1.54) is 18.2 Å². The van der Waals surface area contributed by atoms with Crippen LogP contribution in [0.4, 0.5) is 10.1 Å². The fourth-order valence-corrected chi connectivity index (χ4v) is 2.34. The van der Waals surface area contributed by atoms with Crippen molar-refractivity contribution in [1.82, 2.24) is 0 Å². The third-order valence-corrected chi connectivity index (χ3v) is 3.65. The predicted octanol–water partition coefficient (Wildman–Crippen LogP) is 5.00. The van der Waals surface area contributed by atoms with E-state index in [1.54, 1.807) is 43.5 Å². The van der Waals surface area contributed by atoms with Gasteiger partial charge in [0.25, 0.3) is 5.91 Å². The normalized spacial score (nSPS) is 10.5. The molecule has 4 nitrogen and oxygen atoms in total. The van der Waals surface area contributed by atoms with Gasteiger partial charge in [-0.3, -0.25) is 4.79 Å². The van der Waals surface area contributed by atoms with Gasteiger partial charge in [-0.15, -0.1) is 0 Å². The number of amides is 1. The summed E-state index contributed by atoms with van der Waals surface area (Å²) in [4.78, 5) is 12.2. The number of anilines is 1. The van der Waals surface area contributed by atoms with Crippen LogP contribution >= 0.6 is 11.6 Å². The third kappa shape index (κ3) is 3.41. The van der Waals surface area contributed by atoms with Crippen LogP contribution in [0.5, 0.6) is 5.75 Å². The molecule has 0 unspecified atom stereocenters. The summed E-state index contributed by atoms with van der Waals surface area (Å²) < 4.78 is 23.9. The van der Waals surface area contributed by atoms with Crippen molar-refractivity contribution >= 4 is 23.2 Å². The number of nitrogens with one attached hydrogen (secondary N) is 1. The zero-order valence-electron chi connectivity index (χ0n) is 12.7. The first-order valence-electron chi connectivity index (χ1n) is 7.07. The van der Waals surface area contributed by atoms with E-state index < -0.39 is 11.7 Å². The second-order valence-corrected chi connectivity index (χ2v) is 5.39. The molecule has 0 spiro atoms. The molecule has 3 rings (SSSR count). The van der Waals surface area contributed by atoms with Crippen molar-refractivity contribution in [2.24, 2.45) is 0 Å². The maximum atomic E-state index is 13.2. The van der Waals surface area contributed by atoms with Gasteiger partial charge in [-0.2, -0.15) is 0 Å². The molecule has 1 N–H and O–H groups in total. The molecule has 122 valence electrons. The van der Waals surface area contributed by atoms with Crippen LogP contribution in [0.15, 0.2) is 59.0 Å². The largest absolute Gasteiger partial charge is 0.497 e. The van der Waals surface area contributed by atoms with Crippen LogP contribution in [0.2, 0.25) is 5.02 Å². The third-order valence-electron chi connectivity index (χ3n) is 3.36. The molecule has 6 heteroatoms. The van der Waals surface area contributed by atoms with Crippen LogP contribution in [0.1, 0.15) is 10.6 Å². The molecule has 0 saturated heterocycles. The maximum absolute atomic E-state index is 13.2. The van der Waals surface area contributed by atoms with Gasteiger partial charge in [0.2, 0.25) is 0 Å². The molecule has 0 radical (unpaired) electrons. The van der Waals surface area contributed by atoms with E-state index >= 15 is 0 Å². The van der Waals surface area contributed by atoms with Gasteiger partial charge in [0.15, 0.2) is 5.76 Å².